The monoisotopic (exact) mass is 444 g/mol. The van der Waals surface area contributed by atoms with Gasteiger partial charge in [0.2, 0.25) is 5.89 Å². The fourth-order valence-electron chi connectivity index (χ4n) is 3.10. The first-order chi connectivity index (χ1) is 15.0. The lowest BCUT2D eigenvalue weighted by Crippen LogP contribution is -2.26. The number of benzene rings is 1. The lowest BCUT2D eigenvalue weighted by atomic mass is 9.97. The third kappa shape index (κ3) is 4.18. The molecule has 11 heteroatoms. The zero-order chi connectivity index (χ0) is 23.1. The number of rotatable bonds is 4. The van der Waals surface area contributed by atoms with E-state index in [0.717, 1.165) is 6.07 Å². The standard InChI is InChI=1S/C21H19F3N6O2/c1-20(2,3)19-28-17(29-32-19)18(31)25-10-13-7-6-12(9-14(13)21(22,23)24)16-15-5-4-8-30(15)27-11-26-16/h4-9,11H,10H2,1-3H3,(H,25,31). The molecule has 8 nitrogen and oxygen atoms in total. The second-order valence-electron chi connectivity index (χ2n) is 8.17. The summed E-state index contributed by atoms with van der Waals surface area (Å²) in [5.74, 6) is -0.714. The van der Waals surface area contributed by atoms with Gasteiger partial charge in [-0.15, -0.1) is 0 Å². The third-order valence-corrected chi connectivity index (χ3v) is 4.73. The first-order valence-electron chi connectivity index (χ1n) is 9.65. The van der Waals surface area contributed by atoms with Crippen LogP contribution in [0, 0.1) is 0 Å². The van der Waals surface area contributed by atoms with Gasteiger partial charge in [0.1, 0.15) is 6.33 Å². The average Bonchev–Trinajstić information content (AvgIpc) is 3.40. The highest BCUT2D eigenvalue weighted by Gasteiger charge is 2.34. The van der Waals surface area contributed by atoms with Gasteiger partial charge in [0.05, 0.1) is 16.8 Å². The molecule has 32 heavy (non-hydrogen) atoms. The molecule has 0 aliphatic carbocycles. The number of hydrogen-bond donors (Lipinski definition) is 1. The highest BCUT2D eigenvalue weighted by molar-refractivity contribution is 5.90. The number of alkyl halides is 3. The Morgan fingerprint density at radius 1 is 1.19 bits per heavy atom. The van der Waals surface area contributed by atoms with Gasteiger partial charge in [0, 0.05) is 23.7 Å². The minimum Gasteiger partial charge on any atom is -0.345 e. The van der Waals surface area contributed by atoms with E-state index >= 15 is 0 Å². The SMILES string of the molecule is CC(C)(C)c1nc(C(=O)NCc2ccc(-c3ncnn4cccc34)cc2C(F)(F)F)no1. The summed E-state index contributed by atoms with van der Waals surface area (Å²) in [7, 11) is 0. The summed E-state index contributed by atoms with van der Waals surface area (Å²) < 4.78 is 48.0. The van der Waals surface area contributed by atoms with Crippen LogP contribution in [0.1, 0.15) is 48.4 Å². The van der Waals surface area contributed by atoms with Crippen LogP contribution in [0.2, 0.25) is 0 Å². The van der Waals surface area contributed by atoms with Crippen molar-refractivity contribution in [1.29, 1.82) is 0 Å². The van der Waals surface area contributed by atoms with Gasteiger partial charge in [-0.2, -0.15) is 23.3 Å². The van der Waals surface area contributed by atoms with E-state index in [1.165, 1.54) is 23.0 Å². The van der Waals surface area contributed by atoms with E-state index in [2.05, 4.69) is 25.5 Å². The van der Waals surface area contributed by atoms with Crippen LogP contribution in [0.4, 0.5) is 13.2 Å². The summed E-state index contributed by atoms with van der Waals surface area (Å²) >= 11 is 0. The van der Waals surface area contributed by atoms with Crippen LogP contribution in [0.3, 0.4) is 0 Å². The van der Waals surface area contributed by atoms with Gasteiger partial charge in [-0.25, -0.2) is 9.50 Å². The second kappa shape index (κ2) is 7.74. The molecule has 1 aromatic carbocycles. The predicted octanol–water partition coefficient (Wildman–Crippen LogP) is 4.03. The zero-order valence-corrected chi connectivity index (χ0v) is 17.4. The van der Waals surface area contributed by atoms with Crippen molar-refractivity contribution in [2.75, 3.05) is 0 Å². The molecule has 0 bridgehead atoms. The number of nitrogens with one attached hydrogen (secondary N) is 1. The molecule has 0 saturated carbocycles. The van der Waals surface area contributed by atoms with Gasteiger partial charge in [0.25, 0.3) is 11.7 Å². The summed E-state index contributed by atoms with van der Waals surface area (Å²) in [5.41, 5.74) is -0.207. The first kappa shape index (κ1) is 21.5. The van der Waals surface area contributed by atoms with Gasteiger partial charge in [-0.3, -0.25) is 4.79 Å². The quantitative estimate of drug-likeness (QED) is 0.511. The topological polar surface area (TPSA) is 98.2 Å². The molecule has 3 heterocycles. The minimum atomic E-state index is -4.63. The lowest BCUT2D eigenvalue weighted by Gasteiger charge is -2.15. The third-order valence-electron chi connectivity index (χ3n) is 4.73. The number of fused-ring (bicyclic) bond motifs is 1. The Kier molecular flexibility index (Phi) is 5.19. The van der Waals surface area contributed by atoms with E-state index in [9.17, 15) is 18.0 Å². The number of halogens is 3. The highest BCUT2D eigenvalue weighted by atomic mass is 19.4. The molecule has 0 aliphatic rings. The molecule has 0 fully saturated rings. The number of aromatic nitrogens is 5. The zero-order valence-electron chi connectivity index (χ0n) is 17.4. The van der Waals surface area contributed by atoms with Gasteiger partial charge in [-0.05, 0) is 23.8 Å². The van der Waals surface area contributed by atoms with E-state index in [0.29, 0.717) is 11.2 Å². The van der Waals surface area contributed by atoms with Crippen molar-refractivity contribution in [3.05, 3.63) is 65.7 Å². The molecule has 3 aromatic heterocycles. The molecular weight excluding hydrogens is 425 g/mol. The number of carbonyl (C=O) groups is 1. The van der Waals surface area contributed by atoms with Crippen molar-refractivity contribution in [3.63, 3.8) is 0 Å². The maximum Gasteiger partial charge on any atom is 0.416 e. The molecule has 0 spiro atoms. The van der Waals surface area contributed by atoms with Crippen LogP contribution in [0.25, 0.3) is 16.8 Å². The Morgan fingerprint density at radius 2 is 1.97 bits per heavy atom. The molecule has 0 saturated heterocycles. The van der Waals surface area contributed by atoms with Crippen LogP contribution < -0.4 is 5.32 Å². The van der Waals surface area contributed by atoms with Crippen LogP contribution in [0.5, 0.6) is 0 Å². The Morgan fingerprint density at radius 3 is 2.66 bits per heavy atom. The van der Waals surface area contributed by atoms with E-state index in [1.54, 1.807) is 18.3 Å². The molecule has 166 valence electrons. The molecular formula is C21H19F3N6O2. The Hall–Kier alpha value is -3.76. The number of amides is 1. The largest absolute Gasteiger partial charge is 0.416 e. The van der Waals surface area contributed by atoms with Crippen molar-refractivity contribution < 1.29 is 22.5 Å². The van der Waals surface area contributed by atoms with E-state index in [4.69, 9.17) is 4.52 Å². The Bertz CT molecular complexity index is 1290. The summed E-state index contributed by atoms with van der Waals surface area (Å²) in [5, 5.41) is 10.1. The molecule has 0 unspecified atom stereocenters. The van der Waals surface area contributed by atoms with Crippen molar-refractivity contribution in [2.24, 2.45) is 0 Å². The number of hydrogen-bond acceptors (Lipinski definition) is 6. The van der Waals surface area contributed by atoms with E-state index in [-0.39, 0.29) is 29.4 Å². The number of carbonyl (C=O) groups excluding carboxylic acids is 1. The minimum absolute atomic E-state index is 0.102. The van der Waals surface area contributed by atoms with Crippen LogP contribution in [-0.4, -0.2) is 30.6 Å². The molecule has 1 N–H and O–H groups in total. The Balaban J connectivity index is 1.61. The van der Waals surface area contributed by atoms with Crippen LogP contribution in [0.15, 0.2) is 47.4 Å². The first-order valence-corrected chi connectivity index (χ1v) is 9.65. The highest BCUT2D eigenvalue weighted by Crippen LogP contribution is 2.35. The van der Waals surface area contributed by atoms with Crippen molar-refractivity contribution >= 4 is 11.4 Å². The molecule has 1 amide bonds. The molecule has 0 atom stereocenters. The Labute approximate surface area is 180 Å². The molecule has 0 aliphatic heterocycles. The fourth-order valence-corrected chi connectivity index (χ4v) is 3.10. The van der Waals surface area contributed by atoms with Crippen molar-refractivity contribution in [3.8, 4) is 11.3 Å². The second-order valence-corrected chi connectivity index (χ2v) is 8.17. The summed E-state index contributed by atoms with van der Waals surface area (Å²) in [6.07, 6.45) is -1.68. The number of nitrogens with zero attached hydrogens (tertiary/aromatic N) is 5. The maximum atomic E-state index is 13.8. The summed E-state index contributed by atoms with van der Waals surface area (Å²) in [4.78, 5) is 20.5. The molecule has 4 aromatic rings. The van der Waals surface area contributed by atoms with Gasteiger partial charge in [0.15, 0.2) is 0 Å². The normalized spacial score (nSPS) is 12.3. The molecule has 4 rings (SSSR count). The molecule has 0 radical (unpaired) electrons. The predicted molar refractivity (Wildman–Crippen MR) is 108 cm³/mol. The van der Waals surface area contributed by atoms with Crippen molar-refractivity contribution in [1.82, 2.24) is 30.1 Å². The summed E-state index contributed by atoms with van der Waals surface area (Å²) in [6, 6.07) is 7.30. The van der Waals surface area contributed by atoms with E-state index < -0.39 is 23.1 Å². The fraction of sp³-hybridized carbons (Fsp3) is 0.286. The average molecular weight is 444 g/mol. The van der Waals surface area contributed by atoms with Gasteiger partial charge >= 0.3 is 6.18 Å². The van der Waals surface area contributed by atoms with Crippen molar-refractivity contribution in [2.45, 2.75) is 38.9 Å². The van der Waals surface area contributed by atoms with Gasteiger partial charge < -0.3 is 9.84 Å². The lowest BCUT2D eigenvalue weighted by molar-refractivity contribution is -0.138. The summed E-state index contributed by atoms with van der Waals surface area (Å²) in [6.45, 7) is 5.13. The smallest absolute Gasteiger partial charge is 0.345 e. The van der Waals surface area contributed by atoms with Crippen LogP contribution >= 0.6 is 0 Å². The van der Waals surface area contributed by atoms with E-state index in [1.807, 2.05) is 20.8 Å². The van der Waals surface area contributed by atoms with Crippen LogP contribution in [-0.2, 0) is 18.1 Å². The maximum absolute atomic E-state index is 13.8. The van der Waals surface area contributed by atoms with Gasteiger partial charge in [-0.1, -0.05) is 38.1 Å².